The van der Waals surface area contributed by atoms with Crippen LogP contribution in [0.4, 0.5) is 0 Å². The number of unbranched alkanes of at least 4 members (excludes halogenated alkanes) is 17. The van der Waals surface area contributed by atoms with E-state index in [2.05, 4.69) is 26.0 Å². The Bertz CT molecular complexity index is 530. The molecule has 0 bridgehead atoms. The van der Waals surface area contributed by atoms with Crippen molar-refractivity contribution in [1.29, 1.82) is 0 Å². The van der Waals surface area contributed by atoms with Gasteiger partial charge in [0, 0.05) is 6.42 Å². The fourth-order valence-corrected chi connectivity index (χ4v) is 6.77. The van der Waals surface area contributed by atoms with Crippen LogP contribution in [0.25, 0.3) is 0 Å². The van der Waals surface area contributed by atoms with E-state index in [0.717, 1.165) is 19.3 Å². The van der Waals surface area contributed by atoms with Crippen LogP contribution >= 0.6 is 7.60 Å². The van der Waals surface area contributed by atoms with Gasteiger partial charge in [0.25, 0.3) is 0 Å². The molecule has 0 aromatic carbocycles. The number of allylic oxidation sites excluding steroid dienone is 2. The number of hydrogen-bond donors (Lipinski definition) is 1. The molecule has 5 heteroatoms. The molecule has 0 saturated carbocycles. The van der Waals surface area contributed by atoms with Crippen LogP contribution in [0.5, 0.6) is 0 Å². The van der Waals surface area contributed by atoms with E-state index in [1.807, 2.05) is 21.1 Å². The van der Waals surface area contributed by atoms with Crippen molar-refractivity contribution >= 4 is 7.60 Å². The van der Waals surface area contributed by atoms with Gasteiger partial charge in [0.2, 0.25) is 0 Å². The van der Waals surface area contributed by atoms with E-state index in [1.54, 1.807) is 0 Å². The van der Waals surface area contributed by atoms with Crippen LogP contribution in [0.1, 0.15) is 149 Å². The molecule has 0 radical (unpaired) electrons. The van der Waals surface area contributed by atoms with E-state index in [0.29, 0.717) is 17.5 Å². The standard InChI is InChI=1S/C30H62NO3P/c1-6-8-9-10-11-12-13-14-15-16-17-18-19-20-21-22-23-24-25-26-27-29-34-35(32,33)30(28-7-2)31(3,4)5/h10-11,30H,6-9,12-29H2,1-5H3/p+1/b11-10-. The first-order valence-corrected chi connectivity index (χ1v) is 16.8. The highest BCUT2D eigenvalue weighted by molar-refractivity contribution is 7.53. The predicted octanol–water partition coefficient (Wildman–Crippen LogP) is 10.0. The van der Waals surface area contributed by atoms with Crippen molar-refractivity contribution in [2.75, 3.05) is 27.7 Å². The Labute approximate surface area is 220 Å². The Balaban J connectivity index is 3.43. The molecule has 35 heavy (non-hydrogen) atoms. The second kappa shape index (κ2) is 23.0. The Morgan fingerprint density at radius 1 is 0.657 bits per heavy atom. The van der Waals surface area contributed by atoms with Crippen molar-refractivity contribution < 1.29 is 18.5 Å². The minimum atomic E-state index is -3.57. The molecule has 1 N–H and O–H groups in total. The van der Waals surface area contributed by atoms with Gasteiger partial charge in [-0.05, 0) is 32.1 Å². The summed E-state index contributed by atoms with van der Waals surface area (Å²) in [6.07, 6.45) is 31.3. The van der Waals surface area contributed by atoms with E-state index < -0.39 is 7.60 Å². The summed E-state index contributed by atoms with van der Waals surface area (Å²) in [6, 6.07) is 0. The van der Waals surface area contributed by atoms with Crippen molar-refractivity contribution in [3.8, 4) is 0 Å². The summed E-state index contributed by atoms with van der Waals surface area (Å²) in [5, 5.41) is 0. The van der Waals surface area contributed by atoms with Crippen LogP contribution in [-0.2, 0) is 9.09 Å². The maximum Gasteiger partial charge on any atom is 0.385 e. The fraction of sp³-hybridized carbons (Fsp3) is 0.933. The Kier molecular flexibility index (Phi) is 22.9. The molecular weight excluding hydrogens is 453 g/mol. The first-order chi connectivity index (χ1) is 16.8. The highest BCUT2D eigenvalue weighted by Crippen LogP contribution is 2.51. The van der Waals surface area contributed by atoms with Gasteiger partial charge >= 0.3 is 7.60 Å². The van der Waals surface area contributed by atoms with Crippen molar-refractivity contribution in [2.24, 2.45) is 0 Å². The summed E-state index contributed by atoms with van der Waals surface area (Å²) in [6.45, 7) is 4.72. The fourth-order valence-electron chi connectivity index (χ4n) is 4.75. The van der Waals surface area contributed by atoms with Crippen LogP contribution in [-0.4, -0.2) is 42.9 Å². The predicted molar refractivity (Wildman–Crippen MR) is 155 cm³/mol. The smallest absolute Gasteiger partial charge is 0.320 e. The lowest BCUT2D eigenvalue weighted by Crippen LogP contribution is -2.45. The van der Waals surface area contributed by atoms with Gasteiger partial charge in [-0.15, -0.1) is 0 Å². The lowest BCUT2D eigenvalue weighted by molar-refractivity contribution is -0.883. The van der Waals surface area contributed by atoms with Crippen LogP contribution in [0, 0.1) is 0 Å². The first-order valence-electron chi connectivity index (χ1n) is 15.2. The molecule has 0 aromatic heterocycles. The van der Waals surface area contributed by atoms with Crippen molar-refractivity contribution in [3.63, 3.8) is 0 Å². The SMILES string of the molecule is CCCC/C=C\CCCCCCCCCCCCCCCCCOP(=O)(O)C(CCC)[N+](C)(C)C. The van der Waals surface area contributed by atoms with Gasteiger partial charge in [-0.1, -0.05) is 122 Å². The summed E-state index contributed by atoms with van der Waals surface area (Å²) in [7, 11) is 2.36. The van der Waals surface area contributed by atoms with Crippen LogP contribution in [0.15, 0.2) is 12.2 Å². The quantitative estimate of drug-likeness (QED) is 0.0538. The van der Waals surface area contributed by atoms with E-state index in [4.69, 9.17) is 4.52 Å². The Morgan fingerprint density at radius 3 is 1.46 bits per heavy atom. The average Bonchev–Trinajstić information content (AvgIpc) is 2.80. The third kappa shape index (κ3) is 21.6. The van der Waals surface area contributed by atoms with E-state index in [1.165, 1.54) is 109 Å². The molecule has 4 nitrogen and oxygen atoms in total. The lowest BCUT2D eigenvalue weighted by Gasteiger charge is -2.35. The van der Waals surface area contributed by atoms with Gasteiger partial charge < -0.3 is 13.9 Å². The molecule has 0 heterocycles. The molecule has 0 rings (SSSR count). The molecule has 0 saturated heterocycles. The molecule has 0 aliphatic carbocycles. The molecule has 0 aliphatic rings. The topological polar surface area (TPSA) is 46.5 Å². The molecule has 0 amide bonds. The average molecular weight is 517 g/mol. The Morgan fingerprint density at radius 2 is 1.06 bits per heavy atom. The number of nitrogens with zero attached hydrogens (tertiary/aromatic N) is 1. The summed E-state index contributed by atoms with van der Waals surface area (Å²) in [5.74, 6) is -0.333. The number of rotatable bonds is 26. The van der Waals surface area contributed by atoms with Gasteiger partial charge in [-0.25, -0.2) is 0 Å². The molecule has 0 fully saturated rings. The molecular formula is C30H63NO3P+. The lowest BCUT2D eigenvalue weighted by atomic mass is 10.0. The highest BCUT2D eigenvalue weighted by atomic mass is 31.2. The molecule has 2 unspecified atom stereocenters. The zero-order chi connectivity index (χ0) is 26.3. The summed E-state index contributed by atoms with van der Waals surface area (Å²) < 4.78 is 18.7. The van der Waals surface area contributed by atoms with Gasteiger partial charge in [0.05, 0.1) is 27.7 Å². The van der Waals surface area contributed by atoms with E-state index in [-0.39, 0.29) is 5.78 Å². The van der Waals surface area contributed by atoms with Gasteiger partial charge in [0.1, 0.15) is 0 Å². The summed E-state index contributed by atoms with van der Waals surface area (Å²) >= 11 is 0. The van der Waals surface area contributed by atoms with Gasteiger partial charge in [-0.2, -0.15) is 0 Å². The zero-order valence-electron chi connectivity index (χ0n) is 24.4. The minimum absolute atomic E-state index is 0.333. The third-order valence-electron chi connectivity index (χ3n) is 7.00. The summed E-state index contributed by atoms with van der Waals surface area (Å²) in [4.78, 5) is 10.4. The van der Waals surface area contributed by atoms with Crippen molar-refractivity contribution in [2.45, 2.75) is 154 Å². The monoisotopic (exact) mass is 516 g/mol. The van der Waals surface area contributed by atoms with Crippen molar-refractivity contribution in [1.82, 2.24) is 0 Å². The Hall–Kier alpha value is -0.150. The normalized spacial score (nSPS) is 15.0. The third-order valence-corrected chi connectivity index (χ3v) is 9.26. The van der Waals surface area contributed by atoms with Gasteiger partial charge in [-0.3, -0.25) is 4.57 Å². The first kappa shape index (κ1) is 34.9. The van der Waals surface area contributed by atoms with Crippen molar-refractivity contribution in [3.05, 3.63) is 12.2 Å². The maximum absolute atomic E-state index is 12.7. The second-order valence-corrected chi connectivity index (χ2v) is 13.5. The second-order valence-electron chi connectivity index (χ2n) is 11.5. The summed E-state index contributed by atoms with van der Waals surface area (Å²) in [5.41, 5.74) is 0. The van der Waals surface area contributed by atoms with Crippen LogP contribution in [0.2, 0.25) is 0 Å². The molecule has 0 aromatic rings. The maximum atomic E-state index is 12.7. The molecule has 0 aliphatic heterocycles. The number of quaternary nitrogens is 1. The zero-order valence-corrected chi connectivity index (χ0v) is 25.3. The molecule has 210 valence electrons. The minimum Gasteiger partial charge on any atom is -0.320 e. The van der Waals surface area contributed by atoms with Crippen LogP contribution in [0.3, 0.4) is 0 Å². The van der Waals surface area contributed by atoms with E-state index in [9.17, 15) is 9.46 Å². The van der Waals surface area contributed by atoms with E-state index >= 15 is 0 Å². The molecule has 2 atom stereocenters. The van der Waals surface area contributed by atoms with Crippen LogP contribution < -0.4 is 0 Å². The largest absolute Gasteiger partial charge is 0.385 e. The van der Waals surface area contributed by atoms with Gasteiger partial charge in [0.15, 0.2) is 5.78 Å². The number of hydrogen-bond acceptors (Lipinski definition) is 2. The highest BCUT2D eigenvalue weighted by Gasteiger charge is 2.41. The molecule has 0 spiro atoms.